The molecular weight excluding hydrogens is 483 g/mol. The fraction of sp³-hybridized carbons (Fsp3) is 0.333. The Hall–Kier alpha value is -4.09. The largest absolute Gasteiger partial charge is 0.506 e. The maximum Gasteiger partial charge on any atom is 0.416 e. The van der Waals surface area contributed by atoms with Crippen LogP contribution in [0.25, 0.3) is 10.9 Å². The number of nitrogens with zero attached hydrogens (tertiary/aromatic N) is 2. The molecule has 1 unspecified atom stereocenters. The van der Waals surface area contributed by atoms with E-state index in [4.69, 9.17) is 9.47 Å². The number of halogens is 3. The Kier molecular flexibility index (Phi) is 6.15. The van der Waals surface area contributed by atoms with E-state index in [0.717, 1.165) is 12.1 Å². The molecule has 0 radical (unpaired) electrons. The first-order valence-corrected chi connectivity index (χ1v) is 10.8. The Labute approximate surface area is 202 Å². The van der Waals surface area contributed by atoms with Crippen molar-refractivity contribution in [2.45, 2.75) is 45.2 Å². The van der Waals surface area contributed by atoms with Crippen molar-refractivity contribution in [2.75, 3.05) is 6.54 Å². The van der Waals surface area contributed by atoms with Crippen molar-refractivity contribution < 1.29 is 37.3 Å². The second-order valence-corrected chi connectivity index (χ2v) is 9.15. The number of benzene rings is 1. The molecule has 2 N–H and O–H groups in total. The number of rotatable bonds is 4. The van der Waals surface area contributed by atoms with Gasteiger partial charge in [-0.05, 0) is 44.5 Å². The predicted molar refractivity (Wildman–Crippen MR) is 121 cm³/mol. The summed E-state index contributed by atoms with van der Waals surface area (Å²) < 4.78 is 50.9. The van der Waals surface area contributed by atoms with E-state index < -0.39 is 58.7 Å². The van der Waals surface area contributed by atoms with E-state index in [1.165, 1.54) is 29.0 Å². The number of carbonyl (C=O) groups is 2. The van der Waals surface area contributed by atoms with E-state index in [0.29, 0.717) is 5.56 Å². The van der Waals surface area contributed by atoms with Crippen LogP contribution in [0.5, 0.6) is 11.6 Å². The Balaban J connectivity index is 1.69. The number of ether oxygens (including phenoxy) is 2. The maximum atomic E-state index is 13.3. The highest BCUT2D eigenvalue weighted by atomic mass is 19.4. The van der Waals surface area contributed by atoms with Gasteiger partial charge < -0.3 is 19.9 Å². The van der Waals surface area contributed by atoms with Crippen molar-refractivity contribution in [2.24, 2.45) is 0 Å². The van der Waals surface area contributed by atoms with Gasteiger partial charge in [0.2, 0.25) is 5.88 Å². The predicted octanol–water partition coefficient (Wildman–Crippen LogP) is 3.33. The van der Waals surface area contributed by atoms with Crippen LogP contribution in [0.1, 0.15) is 48.4 Å². The molecule has 1 aliphatic heterocycles. The van der Waals surface area contributed by atoms with Crippen molar-refractivity contribution >= 4 is 22.8 Å². The van der Waals surface area contributed by atoms with Gasteiger partial charge in [0.05, 0.1) is 12.1 Å². The van der Waals surface area contributed by atoms with Crippen molar-refractivity contribution in [3.05, 3.63) is 63.6 Å². The highest BCUT2D eigenvalue weighted by Crippen LogP contribution is 2.38. The van der Waals surface area contributed by atoms with Gasteiger partial charge in [-0.2, -0.15) is 13.2 Å². The monoisotopic (exact) mass is 505 g/mol. The summed E-state index contributed by atoms with van der Waals surface area (Å²) in [5.74, 6) is -2.38. The molecule has 4 rings (SSSR count). The minimum atomic E-state index is -4.51. The Morgan fingerprint density at radius 1 is 1.19 bits per heavy atom. The Bertz CT molecular complexity index is 1410. The zero-order chi connectivity index (χ0) is 26.4. The van der Waals surface area contributed by atoms with Gasteiger partial charge in [-0.25, -0.2) is 4.98 Å². The van der Waals surface area contributed by atoms with Gasteiger partial charge in [0.25, 0.3) is 11.5 Å². The molecule has 0 bridgehead atoms. The van der Waals surface area contributed by atoms with Crippen molar-refractivity contribution in [1.29, 1.82) is 0 Å². The van der Waals surface area contributed by atoms with E-state index in [-0.39, 0.29) is 23.3 Å². The van der Waals surface area contributed by atoms with Crippen molar-refractivity contribution in [3.8, 4) is 11.6 Å². The van der Waals surface area contributed by atoms with Gasteiger partial charge in [0, 0.05) is 11.6 Å². The van der Waals surface area contributed by atoms with Gasteiger partial charge in [0.1, 0.15) is 35.1 Å². The van der Waals surface area contributed by atoms with E-state index in [1.54, 1.807) is 20.8 Å². The van der Waals surface area contributed by atoms with Crippen LogP contribution in [0.2, 0.25) is 0 Å². The summed E-state index contributed by atoms with van der Waals surface area (Å²) in [4.78, 5) is 42.1. The summed E-state index contributed by atoms with van der Waals surface area (Å²) in [6.45, 7) is 4.26. The van der Waals surface area contributed by atoms with E-state index in [1.807, 2.05) is 0 Å². The first-order valence-electron chi connectivity index (χ1n) is 10.8. The average Bonchev–Trinajstić information content (AvgIpc) is 2.79. The lowest BCUT2D eigenvalue weighted by Gasteiger charge is -2.28. The fourth-order valence-electron chi connectivity index (χ4n) is 3.84. The standard InChI is InChI=1S/C24H22F3N3O6/c1-23(2,3)36-16(31)10-29-20(33)17-19(32)14-8-9-28-21-18(14)30(22(17)34)11-15(35-21)12-4-6-13(7-5-12)24(25,26)27/h4-9,15,32H,10-11H2,1-3H3,(H,29,33). The third-order valence-corrected chi connectivity index (χ3v) is 5.36. The molecule has 9 nitrogen and oxygen atoms in total. The molecule has 3 aromatic rings. The molecule has 3 heterocycles. The summed E-state index contributed by atoms with van der Waals surface area (Å²) in [6.07, 6.45) is -4.11. The third kappa shape index (κ3) is 4.83. The second kappa shape index (κ2) is 8.85. The minimum Gasteiger partial charge on any atom is -0.506 e. The second-order valence-electron chi connectivity index (χ2n) is 9.15. The number of esters is 1. The molecule has 1 aromatic carbocycles. The fourth-order valence-corrected chi connectivity index (χ4v) is 3.84. The van der Waals surface area contributed by atoms with Crippen LogP contribution in [-0.4, -0.2) is 38.7 Å². The zero-order valence-corrected chi connectivity index (χ0v) is 19.5. The molecule has 0 spiro atoms. The number of aromatic nitrogens is 2. The Morgan fingerprint density at radius 2 is 1.86 bits per heavy atom. The van der Waals surface area contributed by atoms with Gasteiger partial charge in [-0.15, -0.1) is 0 Å². The lowest BCUT2D eigenvalue weighted by atomic mass is 10.0. The first-order chi connectivity index (χ1) is 16.8. The molecule has 12 heteroatoms. The highest BCUT2D eigenvalue weighted by Gasteiger charge is 2.33. The molecule has 1 aliphatic rings. The third-order valence-electron chi connectivity index (χ3n) is 5.36. The summed E-state index contributed by atoms with van der Waals surface area (Å²) in [7, 11) is 0. The average molecular weight is 505 g/mol. The zero-order valence-electron chi connectivity index (χ0n) is 19.5. The van der Waals surface area contributed by atoms with E-state index in [2.05, 4.69) is 10.3 Å². The lowest BCUT2D eigenvalue weighted by molar-refractivity contribution is -0.153. The molecule has 36 heavy (non-hydrogen) atoms. The molecule has 1 atom stereocenters. The number of nitrogens with one attached hydrogen (secondary N) is 1. The number of hydrogen-bond donors (Lipinski definition) is 2. The SMILES string of the molecule is CC(C)(C)OC(=O)CNC(=O)c1c(O)c2ccnc3c2n(c1=O)CC(c1ccc(C(F)(F)F)cc1)O3. The molecule has 0 aliphatic carbocycles. The number of carbonyl (C=O) groups excluding carboxylic acids is 2. The molecule has 1 amide bonds. The van der Waals surface area contributed by atoms with Crippen LogP contribution >= 0.6 is 0 Å². The van der Waals surface area contributed by atoms with E-state index in [9.17, 15) is 32.7 Å². The Morgan fingerprint density at radius 3 is 2.47 bits per heavy atom. The number of amides is 1. The van der Waals surface area contributed by atoms with Crippen LogP contribution in [0, 0.1) is 0 Å². The van der Waals surface area contributed by atoms with Crippen molar-refractivity contribution in [1.82, 2.24) is 14.9 Å². The van der Waals surface area contributed by atoms with Crippen LogP contribution in [-0.2, 0) is 22.3 Å². The summed E-state index contributed by atoms with van der Waals surface area (Å²) in [5, 5.41) is 13.1. The highest BCUT2D eigenvalue weighted by molar-refractivity contribution is 6.03. The van der Waals surface area contributed by atoms with Gasteiger partial charge in [-0.3, -0.25) is 19.0 Å². The molecular formula is C24H22F3N3O6. The molecule has 2 aromatic heterocycles. The molecule has 0 saturated heterocycles. The smallest absolute Gasteiger partial charge is 0.416 e. The maximum absolute atomic E-state index is 13.3. The quantitative estimate of drug-likeness (QED) is 0.522. The van der Waals surface area contributed by atoms with Gasteiger partial charge in [-0.1, -0.05) is 12.1 Å². The normalized spacial score (nSPS) is 15.3. The minimum absolute atomic E-state index is 0.0308. The summed E-state index contributed by atoms with van der Waals surface area (Å²) in [6, 6.07) is 5.66. The van der Waals surface area contributed by atoms with Gasteiger partial charge in [0.15, 0.2) is 0 Å². The summed E-state index contributed by atoms with van der Waals surface area (Å²) in [5.41, 5.74) is -2.62. The molecule has 190 valence electrons. The van der Waals surface area contributed by atoms with Crippen LogP contribution in [0.15, 0.2) is 41.3 Å². The van der Waals surface area contributed by atoms with Crippen molar-refractivity contribution in [3.63, 3.8) is 0 Å². The number of alkyl halides is 3. The number of pyridine rings is 2. The number of aromatic hydroxyl groups is 1. The topological polar surface area (TPSA) is 120 Å². The first kappa shape index (κ1) is 25.0. The van der Waals surface area contributed by atoms with E-state index >= 15 is 0 Å². The lowest BCUT2D eigenvalue weighted by Crippen LogP contribution is -2.39. The summed E-state index contributed by atoms with van der Waals surface area (Å²) >= 11 is 0. The molecule has 0 fully saturated rings. The van der Waals surface area contributed by atoms with Crippen LogP contribution < -0.4 is 15.6 Å². The van der Waals surface area contributed by atoms with Crippen LogP contribution in [0.4, 0.5) is 13.2 Å². The molecule has 0 saturated carbocycles. The number of hydrogen-bond acceptors (Lipinski definition) is 7. The van der Waals surface area contributed by atoms with Gasteiger partial charge >= 0.3 is 12.1 Å². The van der Waals surface area contributed by atoms with Crippen LogP contribution in [0.3, 0.4) is 0 Å².